The van der Waals surface area contributed by atoms with E-state index in [1.54, 1.807) is 17.0 Å². The zero-order chi connectivity index (χ0) is 11.7. The van der Waals surface area contributed by atoms with Crippen LogP contribution in [0.1, 0.15) is 0 Å². The molecule has 1 aliphatic rings. The zero-order valence-electron chi connectivity index (χ0n) is 9.00. The van der Waals surface area contributed by atoms with Gasteiger partial charge in [-0.25, -0.2) is 0 Å². The van der Waals surface area contributed by atoms with E-state index in [-0.39, 0.29) is 0 Å². The standard InChI is InChI=1S/C10H15N3O3/c1-16-9-3-2-6(11)10(12-9)13-4-7(14)8(15)5-13/h2-3,7-8,14-15H,4-5,11H2,1H3. The van der Waals surface area contributed by atoms with Gasteiger partial charge < -0.3 is 25.6 Å². The largest absolute Gasteiger partial charge is 0.481 e. The van der Waals surface area contributed by atoms with Crippen molar-refractivity contribution >= 4 is 11.5 Å². The average Bonchev–Trinajstić information content (AvgIpc) is 2.60. The van der Waals surface area contributed by atoms with Crippen LogP contribution in [0.4, 0.5) is 11.5 Å². The molecule has 0 aliphatic carbocycles. The third-order valence-corrected chi connectivity index (χ3v) is 2.65. The van der Waals surface area contributed by atoms with Gasteiger partial charge in [0.15, 0.2) is 5.82 Å². The van der Waals surface area contributed by atoms with E-state index in [9.17, 15) is 10.2 Å². The van der Waals surface area contributed by atoms with E-state index in [0.717, 1.165) is 0 Å². The lowest BCUT2D eigenvalue weighted by Crippen LogP contribution is -2.23. The smallest absolute Gasteiger partial charge is 0.215 e. The van der Waals surface area contributed by atoms with Crippen LogP contribution in [-0.4, -0.2) is 47.6 Å². The zero-order valence-corrected chi connectivity index (χ0v) is 9.00. The Balaban J connectivity index is 2.26. The summed E-state index contributed by atoms with van der Waals surface area (Å²) in [5.41, 5.74) is 6.29. The maximum atomic E-state index is 9.46. The number of nitrogens with zero attached hydrogens (tertiary/aromatic N) is 2. The monoisotopic (exact) mass is 225 g/mol. The van der Waals surface area contributed by atoms with Gasteiger partial charge in [0.2, 0.25) is 5.88 Å². The van der Waals surface area contributed by atoms with Gasteiger partial charge in [0.05, 0.1) is 25.0 Å². The molecule has 1 aromatic heterocycles. The van der Waals surface area contributed by atoms with Crippen LogP contribution in [0.5, 0.6) is 5.88 Å². The van der Waals surface area contributed by atoms with Gasteiger partial charge in [0.1, 0.15) is 0 Å². The molecule has 6 heteroatoms. The van der Waals surface area contributed by atoms with E-state index in [2.05, 4.69) is 4.98 Å². The van der Waals surface area contributed by atoms with E-state index in [0.29, 0.717) is 30.5 Å². The van der Waals surface area contributed by atoms with Gasteiger partial charge in [-0.2, -0.15) is 4.98 Å². The summed E-state index contributed by atoms with van der Waals surface area (Å²) >= 11 is 0. The number of nitrogen functional groups attached to an aromatic ring is 1. The molecule has 2 rings (SSSR count). The Morgan fingerprint density at radius 3 is 2.56 bits per heavy atom. The van der Waals surface area contributed by atoms with Crippen molar-refractivity contribution in [3.63, 3.8) is 0 Å². The van der Waals surface area contributed by atoms with Crippen LogP contribution in [0.15, 0.2) is 12.1 Å². The number of ether oxygens (including phenoxy) is 1. The second kappa shape index (κ2) is 4.15. The third kappa shape index (κ3) is 1.89. The lowest BCUT2D eigenvalue weighted by atomic mass is 10.3. The number of anilines is 2. The molecule has 4 N–H and O–H groups in total. The molecular weight excluding hydrogens is 210 g/mol. The molecule has 0 spiro atoms. The van der Waals surface area contributed by atoms with Crippen molar-refractivity contribution in [2.24, 2.45) is 0 Å². The Hall–Kier alpha value is -1.53. The van der Waals surface area contributed by atoms with Crippen LogP contribution < -0.4 is 15.4 Å². The number of nitrogens with two attached hydrogens (primary N) is 1. The van der Waals surface area contributed by atoms with Crippen molar-refractivity contribution in [2.75, 3.05) is 30.8 Å². The van der Waals surface area contributed by atoms with Crippen molar-refractivity contribution < 1.29 is 14.9 Å². The summed E-state index contributed by atoms with van der Waals surface area (Å²) < 4.78 is 5.00. The molecule has 1 saturated heterocycles. The van der Waals surface area contributed by atoms with Gasteiger partial charge in [-0.15, -0.1) is 0 Å². The predicted octanol–water partition coefficient (Wildman–Crippen LogP) is -0.786. The fourth-order valence-electron chi connectivity index (χ4n) is 1.75. The van der Waals surface area contributed by atoms with Gasteiger partial charge in [0, 0.05) is 19.2 Å². The molecule has 2 unspecified atom stereocenters. The number of pyridine rings is 1. The topological polar surface area (TPSA) is 91.8 Å². The first kappa shape index (κ1) is 11.0. The van der Waals surface area contributed by atoms with Crippen LogP contribution in [0.2, 0.25) is 0 Å². The van der Waals surface area contributed by atoms with Crippen molar-refractivity contribution in [2.45, 2.75) is 12.2 Å². The molecule has 88 valence electrons. The summed E-state index contributed by atoms with van der Waals surface area (Å²) in [6, 6.07) is 3.36. The Bertz CT molecular complexity index is 376. The maximum Gasteiger partial charge on any atom is 0.215 e. The highest BCUT2D eigenvalue weighted by Gasteiger charge is 2.31. The minimum atomic E-state index is -0.757. The number of methoxy groups -OCH3 is 1. The lowest BCUT2D eigenvalue weighted by molar-refractivity contribution is 0.0572. The fourth-order valence-corrected chi connectivity index (χ4v) is 1.75. The van der Waals surface area contributed by atoms with E-state index >= 15 is 0 Å². The Kier molecular flexibility index (Phi) is 2.84. The predicted molar refractivity (Wildman–Crippen MR) is 59.4 cm³/mol. The second-order valence-corrected chi connectivity index (χ2v) is 3.81. The normalized spacial score (nSPS) is 24.8. The van der Waals surface area contributed by atoms with Crippen LogP contribution in [-0.2, 0) is 0 Å². The minimum Gasteiger partial charge on any atom is -0.481 e. The van der Waals surface area contributed by atoms with Crippen LogP contribution >= 0.6 is 0 Å². The van der Waals surface area contributed by atoms with E-state index in [1.807, 2.05) is 0 Å². The average molecular weight is 225 g/mol. The Morgan fingerprint density at radius 1 is 1.38 bits per heavy atom. The molecule has 1 aromatic rings. The minimum absolute atomic E-state index is 0.325. The van der Waals surface area contributed by atoms with E-state index in [1.165, 1.54) is 7.11 Å². The third-order valence-electron chi connectivity index (χ3n) is 2.65. The molecule has 0 saturated carbocycles. The number of aliphatic hydroxyl groups is 2. The van der Waals surface area contributed by atoms with Crippen LogP contribution in [0, 0.1) is 0 Å². The molecule has 1 fully saturated rings. The van der Waals surface area contributed by atoms with E-state index < -0.39 is 12.2 Å². The molecule has 2 heterocycles. The molecule has 0 bridgehead atoms. The number of aromatic nitrogens is 1. The molecular formula is C10H15N3O3. The first-order valence-electron chi connectivity index (χ1n) is 5.03. The van der Waals surface area contributed by atoms with Gasteiger partial charge in [0.25, 0.3) is 0 Å². The summed E-state index contributed by atoms with van der Waals surface area (Å²) in [5.74, 6) is 0.995. The first-order chi connectivity index (χ1) is 7.61. The number of β-amino-alcohol motifs (C(OH)–C–C–N with tert-alkyl or cyclic N) is 2. The fraction of sp³-hybridized carbons (Fsp3) is 0.500. The number of hydrogen-bond donors (Lipinski definition) is 3. The highest BCUT2D eigenvalue weighted by Crippen LogP contribution is 2.26. The molecule has 0 aromatic carbocycles. The van der Waals surface area contributed by atoms with Crippen molar-refractivity contribution in [3.05, 3.63) is 12.1 Å². The quantitative estimate of drug-likeness (QED) is 0.611. The number of aliphatic hydroxyl groups excluding tert-OH is 2. The van der Waals surface area contributed by atoms with Gasteiger partial charge in [-0.05, 0) is 6.07 Å². The molecule has 16 heavy (non-hydrogen) atoms. The SMILES string of the molecule is COc1ccc(N)c(N2CC(O)C(O)C2)n1. The first-order valence-corrected chi connectivity index (χ1v) is 5.03. The molecule has 6 nitrogen and oxygen atoms in total. The highest BCUT2D eigenvalue weighted by atomic mass is 16.5. The highest BCUT2D eigenvalue weighted by molar-refractivity contribution is 5.64. The second-order valence-electron chi connectivity index (χ2n) is 3.81. The van der Waals surface area contributed by atoms with Crippen molar-refractivity contribution in [1.82, 2.24) is 4.98 Å². The molecule has 0 radical (unpaired) electrons. The Labute approximate surface area is 93.3 Å². The summed E-state index contributed by atoms with van der Waals surface area (Å²) in [7, 11) is 1.52. The molecule has 1 aliphatic heterocycles. The van der Waals surface area contributed by atoms with Crippen LogP contribution in [0.25, 0.3) is 0 Å². The van der Waals surface area contributed by atoms with Gasteiger partial charge >= 0.3 is 0 Å². The summed E-state index contributed by atoms with van der Waals surface area (Å²) in [4.78, 5) is 5.94. The van der Waals surface area contributed by atoms with Crippen LogP contribution in [0.3, 0.4) is 0 Å². The van der Waals surface area contributed by atoms with Crippen molar-refractivity contribution in [3.8, 4) is 5.88 Å². The maximum absolute atomic E-state index is 9.46. The van der Waals surface area contributed by atoms with Gasteiger partial charge in [-0.1, -0.05) is 0 Å². The Morgan fingerprint density at radius 2 is 2.00 bits per heavy atom. The molecule has 0 amide bonds. The number of hydrogen-bond acceptors (Lipinski definition) is 6. The van der Waals surface area contributed by atoms with Crippen molar-refractivity contribution in [1.29, 1.82) is 0 Å². The summed E-state index contributed by atoms with van der Waals surface area (Å²) in [5, 5.41) is 18.9. The van der Waals surface area contributed by atoms with Gasteiger partial charge in [-0.3, -0.25) is 0 Å². The lowest BCUT2D eigenvalue weighted by Gasteiger charge is -2.18. The summed E-state index contributed by atoms with van der Waals surface area (Å²) in [6.07, 6.45) is -1.51. The van der Waals surface area contributed by atoms with E-state index in [4.69, 9.17) is 10.5 Å². The molecule has 2 atom stereocenters. The number of rotatable bonds is 2. The summed E-state index contributed by atoms with van der Waals surface area (Å²) in [6.45, 7) is 0.650.